The lowest BCUT2D eigenvalue weighted by molar-refractivity contribution is -0.112. The number of hydrogen-bond donors (Lipinski definition) is 1. The predicted molar refractivity (Wildman–Crippen MR) is 112 cm³/mol. The summed E-state index contributed by atoms with van der Waals surface area (Å²) in [6.45, 7) is 4.55. The van der Waals surface area contributed by atoms with Crippen LogP contribution in [0.3, 0.4) is 0 Å². The Hall–Kier alpha value is -2.97. The molecule has 2 aromatic rings. The van der Waals surface area contributed by atoms with Gasteiger partial charge in [0.1, 0.15) is 11.6 Å². The molecule has 0 heterocycles. The summed E-state index contributed by atoms with van der Waals surface area (Å²) in [6.07, 6.45) is 3.50. The smallest absolute Gasteiger partial charge is 0.266 e. The van der Waals surface area contributed by atoms with Gasteiger partial charge in [0, 0.05) is 10.7 Å². The number of halogens is 1. The van der Waals surface area contributed by atoms with Crippen molar-refractivity contribution in [2.24, 2.45) is 0 Å². The normalized spacial score (nSPS) is 10.9. The molecule has 28 heavy (non-hydrogen) atoms. The Balaban J connectivity index is 2.22. The maximum atomic E-state index is 12.5. The first kappa shape index (κ1) is 21.3. The third-order valence-electron chi connectivity index (χ3n) is 4.07. The van der Waals surface area contributed by atoms with Crippen LogP contribution in [0.1, 0.15) is 30.9 Å². The summed E-state index contributed by atoms with van der Waals surface area (Å²) < 4.78 is 11.1. The molecule has 2 rings (SSSR count). The topological polar surface area (TPSA) is 71.3 Å². The van der Waals surface area contributed by atoms with Crippen LogP contribution < -0.4 is 14.8 Å². The van der Waals surface area contributed by atoms with E-state index in [1.807, 2.05) is 13.0 Å². The van der Waals surface area contributed by atoms with E-state index in [4.69, 9.17) is 21.1 Å². The molecular formula is C22H23ClN2O3. The third-order valence-corrected chi connectivity index (χ3v) is 4.30. The van der Waals surface area contributed by atoms with E-state index in [9.17, 15) is 10.1 Å². The maximum absolute atomic E-state index is 12.5. The summed E-state index contributed by atoms with van der Waals surface area (Å²) in [4.78, 5) is 12.5. The van der Waals surface area contributed by atoms with Crippen molar-refractivity contribution in [1.29, 1.82) is 5.26 Å². The zero-order valence-corrected chi connectivity index (χ0v) is 17.0. The predicted octanol–water partition coefficient (Wildman–Crippen LogP) is 5.38. The van der Waals surface area contributed by atoms with E-state index in [0.717, 1.165) is 18.4 Å². The summed E-state index contributed by atoms with van der Waals surface area (Å²) in [5.41, 5.74) is 2.05. The number of nitrogens with zero attached hydrogens (tertiary/aromatic N) is 1. The lowest BCUT2D eigenvalue weighted by Crippen LogP contribution is -2.14. The number of nitrogens with one attached hydrogen (secondary N) is 1. The summed E-state index contributed by atoms with van der Waals surface area (Å²) >= 11 is 5.98. The molecule has 0 spiro atoms. The highest BCUT2D eigenvalue weighted by Crippen LogP contribution is 2.29. The van der Waals surface area contributed by atoms with E-state index in [-0.39, 0.29) is 5.57 Å². The first-order chi connectivity index (χ1) is 13.5. The maximum Gasteiger partial charge on any atom is 0.266 e. The lowest BCUT2D eigenvalue weighted by Gasteiger charge is -2.11. The fraction of sp³-hybridized carbons (Fsp3) is 0.273. The molecule has 0 atom stereocenters. The van der Waals surface area contributed by atoms with Crippen LogP contribution in [0.4, 0.5) is 5.69 Å². The average Bonchev–Trinajstić information content (AvgIpc) is 2.69. The molecule has 0 radical (unpaired) electrons. The van der Waals surface area contributed by atoms with Crippen molar-refractivity contribution in [2.45, 2.75) is 26.7 Å². The van der Waals surface area contributed by atoms with Crippen molar-refractivity contribution in [2.75, 3.05) is 19.0 Å². The Labute approximate surface area is 170 Å². The van der Waals surface area contributed by atoms with Gasteiger partial charge in [0.25, 0.3) is 5.91 Å². The second-order valence-electron chi connectivity index (χ2n) is 6.20. The number of carbonyl (C=O) groups excluding carboxylic acids is 1. The van der Waals surface area contributed by atoms with E-state index in [1.54, 1.807) is 43.5 Å². The molecule has 5 nitrogen and oxygen atoms in total. The van der Waals surface area contributed by atoms with Gasteiger partial charge >= 0.3 is 0 Å². The third kappa shape index (κ3) is 5.77. The zero-order chi connectivity index (χ0) is 20.5. The number of methoxy groups -OCH3 is 1. The van der Waals surface area contributed by atoms with E-state index >= 15 is 0 Å². The van der Waals surface area contributed by atoms with Gasteiger partial charge < -0.3 is 14.8 Å². The van der Waals surface area contributed by atoms with Crippen molar-refractivity contribution in [1.82, 2.24) is 0 Å². The van der Waals surface area contributed by atoms with E-state index in [0.29, 0.717) is 34.4 Å². The second-order valence-corrected chi connectivity index (χ2v) is 6.63. The second kappa shape index (κ2) is 10.4. The van der Waals surface area contributed by atoms with Gasteiger partial charge in [0.15, 0.2) is 11.5 Å². The van der Waals surface area contributed by atoms with Crippen molar-refractivity contribution in [3.63, 3.8) is 0 Å². The highest BCUT2D eigenvalue weighted by molar-refractivity contribution is 6.31. The molecule has 1 amide bonds. The number of aryl methyl sites for hydroxylation is 1. The SMILES string of the molecule is CCCCOc1ccc(/C=C(\C#N)C(=O)Nc2cc(Cl)ccc2C)cc1OC. The van der Waals surface area contributed by atoms with E-state index in [1.165, 1.54) is 6.08 Å². The summed E-state index contributed by atoms with van der Waals surface area (Å²) in [5, 5.41) is 12.7. The largest absolute Gasteiger partial charge is 0.493 e. The quantitative estimate of drug-likeness (QED) is 0.368. The Morgan fingerprint density at radius 3 is 2.71 bits per heavy atom. The molecule has 0 saturated heterocycles. The van der Waals surface area contributed by atoms with Crippen LogP contribution in [0, 0.1) is 18.3 Å². The monoisotopic (exact) mass is 398 g/mol. The number of benzene rings is 2. The number of rotatable bonds is 8. The molecule has 0 aromatic heterocycles. The summed E-state index contributed by atoms with van der Waals surface area (Å²) in [6, 6.07) is 12.4. The minimum absolute atomic E-state index is 0.0268. The van der Waals surface area contributed by atoms with Gasteiger partial charge in [-0.1, -0.05) is 37.1 Å². The molecule has 146 valence electrons. The lowest BCUT2D eigenvalue weighted by atomic mass is 10.1. The Kier molecular flexibility index (Phi) is 7.91. The molecule has 0 bridgehead atoms. The van der Waals surface area contributed by atoms with E-state index < -0.39 is 5.91 Å². The highest BCUT2D eigenvalue weighted by Gasteiger charge is 2.12. The number of nitriles is 1. The molecular weight excluding hydrogens is 376 g/mol. The van der Waals surface area contributed by atoms with Gasteiger partial charge in [-0.05, 0) is 54.8 Å². The molecule has 0 aliphatic heterocycles. The molecule has 6 heteroatoms. The van der Waals surface area contributed by atoms with Gasteiger partial charge in [-0.2, -0.15) is 5.26 Å². The van der Waals surface area contributed by atoms with Gasteiger partial charge in [-0.25, -0.2) is 0 Å². The van der Waals surface area contributed by atoms with Crippen LogP contribution in [0.15, 0.2) is 42.0 Å². The molecule has 2 aromatic carbocycles. The van der Waals surface area contributed by atoms with Crippen LogP contribution in [0.25, 0.3) is 6.08 Å². The number of hydrogen-bond acceptors (Lipinski definition) is 4. The van der Waals surface area contributed by atoms with Crippen LogP contribution >= 0.6 is 11.6 Å². The van der Waals surface area contributed by atoms with Crippen LogP contribution in [-0.4, -0.2) is 19.6 Å². The number of ether oxygens (including phenoxy) is 2. The summed E-state index contributed by atoms with van der Waals surface area (Å²) in [7, 11) is 1.55. The summed E-state index contributed by atoms with van der Waals surface area (Å²) in [5.74, 6) is 0.675. The molecule has 0 aliphatic carbocycles. The molecule has 0 unspecified atom stereocenters. The zero-order valence-electron chi connectivity index (χ0n) is 16.2. The fourth-order valence-electron chi connectivity index (χ4n) is 2.45. The molecule has 1 N–H and O–H groups in total. The number of carbonyl (C=O) groups is 1. The van der Waals surface area contributed by atoms with Gasteiger partial charge in [0.05, 0.1) is 13.7 Å². The molecule has 0 fully saturated rings. The van der Waals surface area contributed by atoms with Gasteiger partial charge in [-0.15, -0.1) is 0 Å². The first-order valence-corrected chi connectivity index (χ1v) is 9.36. The fourth-order valence-corrected chi connectivity index (χ4v) is 2.63. The average molecular weight is 399 g/mol. The first-order valence-electron chi connectivity index (χ1n) is 8.98. The van der Waals surface area contributed by atoms with Crippen molar-refractivity contribution in [3.05, 3.63) is 58.1 Å². The minimum atomic E-state index is -0.505. The van der Waals surface area contributed by atoms with Crippen LogP contribution in [0.2, 0.25) is 5.02 Å². The number of amides is 1. The molecule has 0 saturated carbocycles. The van der Waals surface area contributed by atoms with E-state index in [2.05, 4.69) is 12.2 Å². The Morgan fingerprint density at radius 1 is 1.25 bits per heavy atom. The standard InChI is InChI=1S/C22H23ClN2O3/c1-4-5-10-28-20-9-7-16(12-21(20)27-3)11-17(14-24)22(26)25-19-13-18(23)8-6-15(19)2/h6-9,11-13H,4-5,10H2,1-3H3,(H,25,26)/b17-11+. The van der Waals surface area contributed by atoms with Crippen molar-refractivity contribution in [3.8, 4) is 17.6 Å². The van der Waals surface area contributed by atoms with Crippen molar-refractivity contribution >= 4 is 29.3 Å². The highest BCUT2D eigenvalue weighted by atomic mass is 35.5. The van der Waals surface area contributed by atoms with Crippen LogP contribution in [-0.2, 0) is 4.79 Å². The van der Waals surface area contributed by atoms with Crippen LogP contribution in [0.5, 0.6) is 11.5 Å². The van der Waals surface area contributed by atoms with Crippen molar-refractivity contribution < 1.29 is 14.3 Å². The molecule has 0 aliphatic rings. The van der Waals surface area contributed by atoms with Gasteiger partial charge in [-0.3, -0.25) is 4.79 Å². The van der Waals surface area contributed by atoms with Gasteiger partial charge in [0.2, 0.25) is 0 Å². The Bertz CT molecular complexity index is 916. The number of anilines is 1. The minimum Gasteiger partial charge on any atom is -0.493 e. The number of unbranched alkanes of at least 4 members (excludes halogenated alkanes) is 1. The Morgan fingerprint density at radius 2 is 2.04 bits per heavy atom.